The van der Waals surface area contributed by atoms with E-state index < -0.39 is 0 Å². The smallest absolute Gasteiger partial charge is 0.171 e. The normalized spacial score (nSPS) is 18.8. The molecule has 5 heteroatoms. The van der Waals surface area contributed by atoms with Crippen LogP contribution in [0.2, 0.25) is 0 Å². The molecule has 0 aliphatic carbocycles. The van der Waals surface area contributed by atoms with Gasteiger partial charge in [-0.25, -0.2) is 0 Å². The first-order valence-electron chi connectivity index (χ1n) is 5.89. The van der Waals surface area contributed by atoms with Gasteiger partial charge in [0, 0.05) is 6.54 Å². The van der Waals surface area contributed by atoms with Crippen molar-refractivity contribution in [3.8, 4) is 0 Å². The van der Waals surface area contributed by atoms with E-state index in [1.807, 2.05) is 0 Å². The van der Waals surface area contributed by atoms with Crippen LogP contribution in [0.25, 0.3) is 0 Å². The molecule has 2 heterocycles. The highest BCUT2D eigenvalue weighted by Gasteiger charge is 2.18. The van der Waals surface area contributed by atoms with Gasteiger partial charge < -0.3 is 4.90 Å². The van der Waals surface area contributed by atoms with Gasteiger partial charge in [-0.1, -0.05) is 12.1 Å². The van der Waals surface area contributed by atoms with Crippen LogP contribution >= 0.6 is 0 Å². The van der Waals surface area contributed by atoms with E-state index in [0.29, 0.717) is 11.6 Å². The number of aldehydes is 1. The van der Waals surface area contributed by atoms with E-state index in [2.05, 4.69) is 22.1 Å². The number of piperidine rings is 1. The summed E-state index contributed by atoms with van der Waals surface area (Å²) in [5.41, 5.74) is 0.422. The van der Waals surface area contributed by atoms with Crippen LogP contribution in [0.15, 0.2) is 6.20 Å². The van der Waals surface area contributed by atoms with Gasteiger partial charge in [-0.15, -0.1) is 5.10 Å². The summed E-state index contributed by atoms with van der Waals surface area (Å²) in [6.07, 6.45) is 4.89. The minimum absolute atomic E-state index is 0.422. The van der Waals surface area contributed by atoms with Crippen molar-refractivity contribution >= 4 is 6.29 Å². The number of nitrogens with zero attached hydrogens (tertiary/aromatic N) is 4. The number of carbonyl (C=O) groups excluding carboxylic acids is 1. The SMILES string of the molecule is CCN1CCC(Cn2cc(C=O)nn2)CC1. The summed E-state index contributed by atoms with van der Waals surface area (Å²) < 4.78 is 1.79. The second-order valence-electron chi connectivity index (χ2n) is 4.36. The lowest BCUT2D eigenvalue weighted by Crippen LogP contribution is -2.34. The van der Waals surface area contributed by atoms with Gasteiger partial charge in [-0.2, -0.15) is 0 Å². The number of rotatable bonds is 4. The third-order valence-electron chi connectivity index (χ3n) is 3.28. The maximum absolute atomic E-state index is 10.5. The molecular formula is C11H18N4O. The van der Waals surface area contributed by atoms with E-state index in [0.717, 1.165) is 19.4 Å². The quantitative estimate of drug-likeness (QED) is 0.708. The molecule has 1 fully saturated rings. The number of aromatic nitrogens is 3. The summed E-state index contributed by atoms with van der Waals surface area (Å²) in [6, 6.07) is 0. The van der Waals surface area contributed by atoms with Crippen molar-refractivity contribution in [2.24, 2.45) is 5.92 Å². The fraction of sp³-hybridized carbons (Fsp3) is 0.727. The van der Waals surface area contributed by atoms with Crippen LogP contribution < -0.4 is 0 Å². The Morgan fingerprint density at radius 1 is 1.50 bits per heavy atom. The fourth-order valence-electron chi connectivity index (χ4n) is 2.21. The van der Waals surface area contributed by atoms with Crippen LogP contribution in [0.5, 0.6) is 0 Å². The Balaban J connectivity index is 1.84. The molecule has 0 aromatic carbocycles. The van der Waals surface area contributed by atoms with Gasteiger partial charge in [0.05, 0.1) is 6.20 Å². The molecule has 0 spiro atoms. The molecule has 5 nitrogen and oxygen atoms in total. The Labute approximate surface area is 95.4 Å². The number of likely N-dealkylation sites (tertiary alicyclic amines) is 1. The molecule has 1 aromatic heterocycles. The van der Waals surface area contributed by atoms with Crippen LogP contribution in [-0.2, 0) is 6.54 Å². The Hall–Kier alpha value is -1.23. The lowest BCUT2D eigenvalue weighted by Gasteiger charge is -2.30. The maximum Gasteiger partial charge on any atom is 0.171 e. The summed E-state index contributed by atoms with van der Waals surface area (Å²) in [4.78, 5) is 12.9. The summed E-state index contributed by atoms with van der Waals surface area (Å²) in [5.74, 6) is 0.670. The van der Waals surface area contributed by atoms with Gasteiger partial charge in [0.15, 0.2) is 6.29 Å². The van der Waals surface area contributed by atoms with Crippen molar-refractivity contribution in [3.63, 3.8) is 0 Å². The van der Waals surface area contributed by atoms with Crippen molar-refractivity contribution < 1.29 is 4.79 Å². The molecule has 0 N–H and O–H groups in total. The molecule has 0 amide bonds. The average molecular weight is 222 g/mol. The van der Waals surface area contributed by atoms with Crippen molar-refractivity contribution in [1.82, 2.24) is 19.9 Å². The Morgan fingerprint density at radius 3 is 2.81 bits per heavy atom. The Bertz CT molecular complexity index is 342. The topological polar surface area (TPSA) is 51.0 Å². The number of carbonyl (C=O) groups is 1. The first-order valence-corrected chi connectivity index (χ1v) is 5.89. The molecule has 16 heavy (non-hydrogen) atoms. The van der Waals surface area contributed by atoms with E-state index in [1.54, 1.807) is 10.9 Å². The molecule has 0 saturated carbocycles. The van der Waals surface area contributed by atoms with Crippen molar-refractivity contribution in [2.75, 3.05) is 19.6 Å². The highest BCUT2D eigenvalue weighted by molar-refractivity contribution is 5.70. The van der Waals surface area contributed by atoms with E-state index in [9.17, 15) is 4.79 Å². The molecule has 1 aliphatic heterocycles. The molecule has 0 radical (unpaired) electrons. The second-order valence-corrected chi connectivity index (χ2v) is 4.36. The van der Waals surface area contributed by atoms with E-state index in [1.165, 1.54) is 25.9 Å². The van der Waals surface area contributed by atoms with Gasteiger partial charge >= 0.3 is 0 Å². The molecule has 88 valence electrons. The molecule has 1 aromatic rings. The van der Waals surface area contributed by atoms with E-state index in [-0.39, 0.29) is 0 Å². The summed E-state index contributed by atoms with van der Waals surface area (Å²) in [5, 5.41) is 7.71. The first-order chi connectivity index (χ1) is 7.81. The van der Waals surface area contributed by atoms with Gasteiger partial charge in [0.2, 0.25) is 0 Å². The molecule has 0 unspecified atom stereocenters. The summed E-state index contributed by atoms with van der Waals surface area (Å²) in [7, 11) is 0. The van der Waals surface area contributed by atoms with Crippen LogP contribution in [0, 0.1) is 5.92 Å². The van der Waals surface area contributed by atoms with Gasteiger partial charge in [0.25, 0.3) is 0 Å². The summed E-state index contributed by atoms with van der Waals surface area (Å²) in [6.45, 7) is 6.59. The van der Waals surface area contributed by atoms with E-state index in [4.69, 9.17) is 0 Å². The number of hydrogen-bond acceptors (Lipinski definition) is 4. The predicted molar refractivity (Wildman–Crippen MR) is 60.2 cm³/mol. The van der Waals surface area contributed by atoms with Crippen LogP contribution in [0.4, 0.5) is 0 Å². The monoisotopic (exact) mass is 222 g/mol. The van der Waals surface area contributed by atoms with Crippen molar-refractivity contribution in [3.05, 3.63) is 11.9 Å². The highest BCUT2D eigenvalue weighted by Crippen LogP contribution is 2.18. The largest absolute Gasteiger partial charge is 0.304 e. The lowest BCUT2D eigenvalue weighted by atomic mass is 9.97. The van der Waals surface area contributed by atoms with Crippen molar-refractivity contribution in [2.45, 2.75) is 26.3 Å². The molecule has 0 bridgehead atoms. The zero-order valence-corrected chi connectivity index (χ0v) is 9.67. The maximum atomic E-state index is 10.5. The van der Waals surface area contributed by atoms with Gasteiger partial charge in [0.1, 0.15) is 5.69 Å². The lowest BCUT2D eigenvalue weighted by molar-refractivity contribution is 0.111. The minimum Gasteiger partial charge on any atom is -0.304 e. The number of hydrogen-bond donors (Lipinski definition) is 0. The Kier molecular flexibility index (Phi) is 3.66. The average Bonchev–Trinajstić information content (AvgIpc) is 2.78. The standard InChI is InChI=1S/C11H18N4O/c1-2-14-5-3-10(4-6-14)7-15-8-11(9-16)12-13-15/h8-10H,2-7H2,1H3. The zero-order chi connectivity index (χ0) is 11.4. The fourth-order valence-corrected chi connectivity index (χ4v) is 2.21. The molecule has 1 saturated heterocycles. The van der Waals surface area contributed by atoms with E-state index >= 15 is 0 Å². The third-order valence-corrected chi connectivity index (χ3v) is 3.28. The first kappa shape index (κ1) is 11.3. The Morgan fingerprint density at radius 2 is 2.25 bits per heavy atom. The highest BCUT2D eigenvalue weighted by atomic mass is 16.1. The minimum atomic E-state index is 0.422. The zero-order valence-electron chi connectivity index (χ0n) is 9.67. The second kappa shape index (κ2) is 5.21. The molecule has 0 atom stereocenters. The predicted octanol–water partition coefficient (Wildman–Crippen LogP) is 0.822. The van der Waals surface area contributed by atoms with Crippen LogP contribution in [0.3, 0.4) is 0 Å². The van der Waals surface area contributed by atoms with Crippen molar-refractivity contribution in [1.29, 1.82) is 0 Å². The van der Waals surface area contributed by atoms with Crippen LogP contribution in [0.1, 0.15) is 30.3 Å². The van der Waals surface area contributed by atoms with Gasteiger partial charge in [-0.3, -0.25) is 9.48 Å². The molecule has 1 aliphatic rings. The molecular weight excluding hydrogens is 204 g/mol. The van der Waals surface area contributed by atoms with Crippen LogP contribution in [-0.4, -0.2) is 45.8 Å². The summed E-state index contributed by atoms with van der Waals surface area (Å²) >= 11 is 0. The van der Waals surface area contributed by atoms with Gasteiger partial charge in [-0.05, 0) is 38.4 Å². The molecule has 2 rings (SSSR count). The third kappa shape index (κ3) is 2.66.